The first-order chi connectivity index (χ1) is 8.29. The lowest BCUT2D eigenvalue weighted by Crippen LogP contribution is -2.41. The minimum absolute atomic E-state index is 0.102. The predicted octanol–water partition coefficient (Wildman–Crippen LogP) is 1.20. The lowest BCUT2D eigenvalue weighted by atomic mass is 10.2. The van der Waals surface area contributed by atoms with Gasteiger partial charge in [0.15, 0.2) is 5.76 Å². The van der Waals surface area contributed by atoms with Crippen LogP contribution in [-0.4, -0.2) is 35.9 Å². The molecule has 0 bridgehead atoms. The highest BCUT2D eigenvalue weighted by atomic mass is 16.7. The van der Waals surface area contributed by atoms with Crippen molar-refractivity contribution in [1.82, 2.24) is 10.4 Å². The Bertz CT molecular complexity index is 406. The van der Waals surface area contributed by atoms with Gasteiger partial charge in [-0.05, 0) is 32.9 Å². The molecule has 0 aliphatic rings. The Morgan fingerprint density at radius 2 is 2.11 bits per heavy atom. The normalized spacial score (nSPS) is 11.1. The maximum atomic E-state index is 11.8. The van der Waals surface area contributed by atoms with Crippen LogP contribution in [0.15, 0.2) is 22.8 Å². The topological polar surface area (TPSA) is 71.8 Å². The minimum Gasteiger partial charge on any atom is -0.459 e. The van der Waals surface area contributed by atoms with Gasteiger partial charge in [0.2, 0.25) is 0 Å². The molecule has 100 valence electrons. The largest absolute Gasteiger partial charge is 0.459 e. The van der Waals surface area contributed by atoms with Crippen LogP contribution in [0.5, 0.6) is 0 Å². The average molecular weight is 254 g/mol. The number of nitrogens with one attached hydrogen (secondary N) is 1. The molecule has 0 fully saturated rings. The maximum Gasteiger partial charge on any atom is 0.289 e. The summed E-state index contributed by atoms with van der Waals surface area (Å²) in [6.45, 7) is 5.33. The molecule has 0 aromatic carbocycles. The van der Waals surface area contributed by atoms with Crippen LogP contribution in [0.25, 0.3) is 0 Å². The Morgan fingerprint density at radius 1 is 1.44 bits per heavy atom. The Hall–Kier alpha value is -1.82. The van der Waals surface area contributed by atoms with Crippen LogP contribution in [0.1, 0.15) is 31.3 Å². The smallest absolute Gasteiger partial charge is 0.289 e. The van der Waals surface area contributed by atoms with E-state index in [4.69, 9.17) is 9.25 Å². The summed E-state index contributed by atoms with van der Waals surface area (Å²) >= 11 is 0. The van der Waals surface area contributed by atoms with E-state index >= 15 is 0 Å². The number of hydrogen-bond acceptors (Lipinski definition) is 4. The number of rotatable bonds is 4. The molecule has 6 heteroatoms. The maximum absolute atomic E-state index is 11.8. The number of carbonyl (C=O) groups excluding carboxylic acids is 2. The van der Waals surface area contributed by atoms with Gasteiger partial charge in [0, 0.05) is 7.05 Å². The second-order valence-electron chi connectivity index (χ2n) is 4.88. The van der Waals surface area contributed by atoms with Crippen LogP contribution in [0.4, 0.5) is 0 Å². The number of carbonyl (C=O) groups is 2. The van der Waals surface area contributed by atoms with Gasteiger partial charge in [-0.2, -0.15) is 0 Å². The monoisotopic (exact) mass is 254 g/mol. The Kier molecular flexibility index (Phi) is 4.49. The molecule has 0 aliphatic carbocycles. The lowest BCUT2D eigenvalue weighted by Gasteiger charge is -2.20. The van der Waals surface area contributed by atoms with E-state index in [1.807, 2.05) is 20.8 Å². The van der Waals surface area contributed by atoms with E-state index in [1.165, 1.54) is 18.2 Å². The van der Waals surface area contributed by atoms with Crippen molar-refractivity contribution in [2.24, 2.45) is 0 Å². The first-order valence-electron chi connectivity index (χ1n) is 5.55. The van der Waals surface area contributed by atoms with Gasteiger partial charge in [0.25, 0.3) is 11.8 Å². The van der Waals surface area contributed by atoms with E-state index in [0.29, 0.717) is 0 Å². The molecule has 0 saturated carbocycles. The number of nitrogens with zero attached hydrogens (tertiary/aromatic N) is 1. The SMILES string of the molecule is CN(CC(=O)NOC(C)(C)C)C(=O)c1ccco1. The summed E-state index contributed by atoms with van der Waals surface area (Å²) in [5.41, 5.74) is 1.82. The zero-order chi connectivity index (χ0) is 13.8. The first kappa shape index (κ1) is 14.2. The molecule has 6 nitrogen and oxygen atoms in total. The van der Waals surface area contributed by atoms with E-state index in [2.05, 4.69) is 5.48 Å². The predicted molar refractivity (Wildman–Crippen MR) is 64.6 cm³/mol. The highest BCUT2D eigenvalue weighted by Gasteiger charge is 2.18. The molecule has 1 aromatic rings. The third kappa shape index (κ3) is 4.58. The van der Waals surface area contributed by atoms with Gasteiger partial charge >= 0.3 is 0 Å². The molecule has 1 aromatic heterocycles. The zero-order valence-electron chi connectivity index (χ0n) is 11.0. The molecule has 0 aliphatic heterocycles. The van der Waals surface area contributed by atoms with Crippen molar-refractivity contribution in [3.05, 3.63) is 24.2 Å². The molecule has 0 saturated heterocycles. The van der Waals surface area contributed by atoms with Gasteiger partial charge in [0.05, 0.1) is 11.9 Å². The summed E-state index contributed by atoms with van der Waals surface area (Å²) in [5.74, 6) is -0.555. The van der Waals surface area contributed by atoms with Crippen LogP contribution in [-0.2, 0) is 9.63 Å². The quantitative estimate of drug-likeness (QED) is 0.819. The zero-order valence-corrected chi connectivity index (χ0v) is 11.0. The molecule has 0 radical (unpaired) electrons. The molecular formula is C12H18N2O4. The van der Waals surface area contributed by atoms with Crippen molar-refractivity contribution in [2.75, 3.05) is 13.6 Å². The molecule has 1 N–H and O–H groups in total. The van der Waals surface area contributed by atoms with E-state index < -0.39 is 11.5 Å². The van der Waals surface area contributed by atoms with Crippen molar-refractivity contribution in [3.8, 4) is 0 Å². The van der Waals surface area contributed by atoms with Gasteiger partial charge in [0.1, 0.15) is 6.54 Å². The van der Waals surface area contributed by atoms with Crippen molar-refractivity contribution in [3.63, 3.8) is 0 Å². The lowest BCUT2D eigenvalue weighted by molar-refractivity contribution is -0.145. The van der Waals surface area contributed by atoms with Crippen molar-refractivity contribution in [1.29, 1.82) is 0 Å². The van der Waals surface area contributed by atoms with Gasteiger partial charge in [-0.15, -0.1) is 0 Å². The van der Waals surface area contributed by atoms with Gasteiger partial charge in [-0.25, -0.2) is 5.48 Å². The molecule has 1 rings (SSSR count). The van der Waals surface area contributed by atoms with E-state index in [-0.39, 0.29) is 18.2 Å². The summed E-state index contributed by atoms with van der Waals surface area (Å²) in [7, 11) is 1.52. The third-order valence-corrected chi connectivity index (χ3v) is 1.93. The van der Waals surface area contributed by atoms with Crippen LogP contribution in [0.2, 0.25) is 0 Å². The van der Waals surface area contributed by atoms with Crippen LogP contribution < -0.4 is 5.48 Å². The second kappa shape index (κ2) is 5.68. The van der Waals surface area contributed by atoms with Crippen molar-refractivity contribution >= 4 is 11.8 Å². The van der Waals surface area contributed by atoms with Crippen molar-refractivity contribution in [2.45, 2.75) is 26.4 Å². The summed E-state index contributed by atoms with van der Waals surface area (Å²) in [6, 6.07) is 3.16. The van der Waals surface area contributed by atoms with Gasteiger partial charge < -0.3 is 9.32 Å². The average Bonchev–Trinajstić information content (AvgIpc) is 2.77. The number of likely N-dealkylation sites (N-methyl/N-ethyl adjacent to an activating group) is 1. The molecule has 0 atom stereocenters. The Balaban J connectivity index is 2.43. The molecule has 2 amide bonds. The van der Waals surface area contributed by atoms with Crippen LogP contribution in [0, 0.1) is 0 Å². The van der Waals surface area contributed by atoms with Gasteiger partial charge in [-0.1, -0.05) is 0 Å². The fourth-order valence-electron chi connectivity index (χ4n) is 1.12. The Labute approximate surface area is 106 Å². The number of furan rings is 1. The highest BCUT2D eigenvalue weighted by molar-refractivity contribution is 5.93. The fraction of sp³-hybridized carbons (Fsp3) is 0.500. The summed E-state index contributed by atoms with van der Waals surface area (Å²) in [6.07, 6.45) is 1.41. The summed E-state index contributed by atoms with van der Waals surface area (Å²) < 4.78 is 4.96. The second-order valence-corrected chi connectivity index (χ2v) is 4.88. The van der Waals surface area contributed by atoms with Crippen LogP contribution >= 0.6 is 0 Å². The van der Waals surface area contributed by atoms with E-state index in [1.54, 1.807) is 12.1 Å². The molecule has 0 spiro atoms. The molecule has 1 heterocycles. The fourth-order valence-corrected chi connectivity index (χ4v) is 1.12. The third-order valence-electron chi connectivity index (χ3n) is 1.93. The van der Waals surface area contributed by atoms with Crippen molar-refractivity contribution < 1.29 is 18.8 Å². The number of amides is 2. The molecular weight excluding hydrogens is 236 g/mol. The Morgan fingerprint density at radius 3 is 2.61 bits per heavy atom. The highest BCUT2D eigenvalue weighted by Crippen LogP contribution is 2.05. The summed E-state index contributed by atoms with van der Waals surface area (Å²) in [5, 5.41) is 0. The minimum atomic E-state index is -0.473. The summed E-state index contributed by atoms with van der Waals surface area (Å²) in [4.78, 5) is 29.6. The molecule has 0 unspecified atom stereocenters. The van der Waals surface area contributed by atoms with E-state index in [0.717, 1.165) is 0 Å². The van der Waals surface area contributed by atoms with E-state index in [9.17, 15) is 9.59 Å². The van der Waals surface area contributed by atoms with Crippen LogP contribution in [0.3, 0.4) is 0 Å². The van der Waals surface area contributed by atoms with Gasteiger partial charge in [-0.3, -0.25) is 14.4 Å². The molecule has 18 heavy (non-hydrogen) atoms. The first-order valence-corrected chi connectivity index (χ1v) is 5.55. The number of hydroxylamine groups is 1. The number of hydrogen-bond donors (Lipinski definition) is 1. The standard InChI is InChI=1S/C12H18N2O4/c1-12(2,3)18-13-10(15)8-14(4)11(16)9-6-5-7-17-9/h5-7H,8H2,1-4H3,(H,13,15).